The molecule has 2 atom stereocenters. The molecule has 0 aromatic carbocycles. The molecule has 16 heavy (non-hydrogen) atoms. The number of nitrogens with two attached hydrogens (primary N) is 1. The third-order valence-electron chi connectivity index (χ3n) is 3.99. The molecule has 2 N–H and O–H groups in total. The fourth-order valence-electron chi connectivity index (χ4n) is 2.42. The summed E-state index contributed by atoms with van der Waals surface area (Å²) < 4.78 is 5.58. The van der Waals surface area contributed by atoms with Crippen LogP contribution in [0.4, 0.5) is 0 Å². The molecular weight excluding hydrogens is 200 g/mol. The van der Waals surface area contributed by atoms with E-state index in [4.69, 9.17) is 10.5 Å². The molecule has 0 amide bonds. The van der Waals surface area contributed by atoms with Crippen LogP contribution in [0, 0.1) is 11.8 Å². The standard InChI is InChI=1S/C13H28N2O/c1-5-16-10-13(4,9-14)15-7-6-12(8-15)11(2)3/h11-12H,5-10,14H2,1-4H3. The van der Waals surface area contributed by atoms with Crippen LogP contribution in [0.15, 0.2) is 0 Å². The highest BCUT2D eigenvalue weighted by Gasteiger charge is 2.36. The number of rotatable bonds is 6. The SMILES string of the molecule is CCOCC(C)(CN)N1CCC(C(C)C)C1. The molecule has 0 aromatic heterocycles. The zero-order valence-corrected chi connectivity index (χ0v) is 11.3. The van der Waals surface area contributed by atoms with Crippen LogP contribution in [0.2, 0.25) is 0 Å². The Labute approximate surface area is 100 Å². The van der Waals surface area contributed by atoms with Crippen LogP contribution in [-0.2, 0) is 4.74 Å². The first-order valence-corrected chi connectivity index (χ1v) is 6.56. The lowest BCUT2D eigenvalue weighted by atomic mass is 9.95. The zero-order valence-electron chi connectivity index (χ0n) is 11.3. The van der Waals surface area contributed by atoms with Gasteiger partial charge in [0.25, 0.3) is 0 Å². The number of nitrogens with zero attached hydrogens (tertiary/aromatic N) is 1. The molecule has 0 aliphatic carbocycles. The van der Waals surface area contributed by atoms with Crippen molar-refractivity contribution in [3.05, 3.63) is 0 Å². The predicted octanol–water partition coefficient (Wildman–Crippen LogP) is 1.72. The molecule has 3 nitrogen and oxygen atoms in total. The molecule has 0 aromatic rings. The van der Waals surface area contributed by atoms with E-state index in [1.54, 1.807) is 0 Å². The summed E-state index contributed by atoms with van der Waals surface area (Å²) in [6.07, 6.45) is 1.30. The first-order valence-electron chi connectivity index (χ1n) is 6.56. The highest BCUT2D eigenvalue weighted by Crippen LogP contribution is 2.29. The first kappa shape index (κ1) is 13.9. The number of hydrogen-bond acceptors (Lipinski definition) is 3. The van der Waals surface area contributed by atoms with Crippen LogP contribution in [0.3, 0.4) is 0 Å². The molecule has 1 fully saturated rings. The van der Waals surface area contributed by atoms with Crippen molar-refractivity contribution in [2.75, 3.05) is 32.8 Å². The van der Waals surface area contributed by atoms with Gasteiger partial charge >= 0.3 is 0 Å². The van der Waals surface area contributed by atoms with Crippen molar-refractivity contribution in [2.45, 2.75) is 39.7 Å². The topological polar surface area (TPSA) is 38.5 Å². The van der Waals surface area contributed by atoms with E-state index in [9.17, 15) is 0 Å². The van der Waals surface area contributed by atoms with E-state index in [0.717, 1.165) is 25.0 Å². The Balaban J connectivity index is 2.54. The summed E-state index contributed by atoms with van der Waals surface area (Å²) in [5.74, 6) is 1.60. The molecule has 1 saturated heterocycles. The predicted molar refractivity (Wildman–Crippen MR) is 68.5 cm³/mol. The third-order valence-corrected chi connectivity index (χ3v) is 3.99. The van der Waals surface area contributed by atoms with E-state index in [1.165, 1.54) is 19.5 Å². The molecule has 3 heteroatoms. The second-order valence-electron chi connectivity index (χ2n) is 5.58. The zero-order chi connectivity index (χ0) is 12.2. The van der Waals surface area contributed by atoms with Gasteiger partial charge in [-0.3, -0.25) is 4.90 Å². The maximum absolute atomic E-state index is 5.93. The third kappa shape index (κ3) is 3.19. The minimum Gasteiger partial charge on any atom is -0.380 e. The molecule has 0 spiro atoms. The van der Waals surface area contributed by atoms with Crippen LogP contribution in [0.5, 0.6) is 0 Å². The highest BCUT2D eigenvalue weighted by atomic mass is 16.5. The molecule has 1 rings (SSSR count). The van der Waals surface area contributed by atoms with Gasteiger partial charge in [0.05, 0.1) is 12.1 Å². The Kier molecular flexibility index (Phi) is 5.22. The summed E-state index contributed by atoms with van der Waals surface area (Å²) in [5.41, 5.74) is 5.95. The van der Waals surface area contributed by atoms with Gasteiger partial charge in [0.2, 0.25) is 0 Å². The fourth-order valence-corrected chi connectivity index (χ4v) is 2.42. The lowest BCUT2D eigenvalue weighted by Crippen LogP contribution is -2.54. The Morgan fingerprint density at radius 1 is 1.50 bits per heavy atom. The molecule has 96 valence electrons. The molecular formula is C13H28N2O. The van der Waals surface area contributed by atoms with E-state index < -0.39 is 0 Å². The maximum atomic E-state index is 5.93. The lowest BCUT2D eigenvalue weighted by Gasteiger charge is -2.38. The van der Waals surface area contributed by atoms with Gasteiger partial charge in [-0.25, -0.2) is 0 Å². The average Bonchev–Trinajstić information content (AvgIpc) is 2.75. The Bertz CT molecular complexity index is 208. The summed E-state index contributed by atoms with van der Waals surface area (Å²) in [6, 6.07) is 0. The van der Waals surface area contributed by atoms with Crippen molar-refractivity contribution in [1.29, 1.82) is 0 Å². The lowest BCUT2D eigenvalue weighted by molar-refractivity contribution is 0.0200. The molecule has 2 unspecified atom stereocenters. The van der Waals surface area contributed by atoms with Gasteiger partial charge in [-0.05, 0) is 38.6 Å². The summed E-state index contributed by atoms with van der Waals surface area (Å²) in [4.78, 5) is 2.52. The van der Waals surface area contributed by atoms with Crippen LogP contribution in [0.25, 0.3) is 0 Å². The molecule has 0 saturated carbocycles. The summed E-state index contributed by atoms with van der Waals surface area (Å²) in [5, 5.41) is 0. The van der Waals surface area contributed by atoms with Gasteiger partial charge in [0.15, 0.2) is 0 Å². The highest BCUT2D eigenvalue weighted by molar-refractivity contribution is 4.92. The van der Waals surface area contributed by atoms with E-state index >= 15 is 0 Å². The monoisotopic (exact) mass is 228 g/mol. The van der Waals surface area contributed by atoms with E-state index in [2.05, 4.69) is 25.7 Å². The average molecular weight is 228 g/mol. The molecule has 1 aliphatic rings. The summed E-state index contributed by atoms with van der Waals surface area (Å²) in [7, 11) is 0. The van der Waals surface area contributed by atoms with E-state index in [-0.39, 0.29) is 5.54 Å². The van der Waals surface area contributed by atoms with E-state index in [1.807, 2.05) is 6.92 Å². The summed E-state index contributed by atoms with van der Waals surface area (Å²) >= 11 is 0. The quantitative estimate of drug-likeness (QED) is 0.752. The van der Waals surface area contributed by atoms with Gasteiger partial charge in [-0.15, -0.1) is 0 Å². The second kappa shape index (κ2) is 5.99. The van der Waals surface area contributed by atoms with Gasteiger partial charge in [-0.1, -0.05) is 13.8 Å². The van der Waals surface area contributed by atoms with Crippen molar-refractivity contribution >= 4 is 0 Å². The van der Waals surface area contributed by atoms with Crippen LogP contribution in [-0.4, -0.2) is 43.3 Å². The van der Waals surface area contributed by atoms with Crippen LogP contribution in [0.1, 0.15) is 34.1 Å². The van der Waals surface area contributed by atoms with Crippen LogP contribution >= 0.6 is 0 Å². The van der Waals surface area contributed by atoms with Crippen LogP contribution < -0.4 is 5.73 Å². The molecule has 1 aliphatic heterocycles. The second-order valence-corrected chi connectivity index (χ2v) is 5.58. The molecule has 0 radical (unpaired) electrons. The fraction of sp³-hybridized carbons (Fsp3) is 1.00. The largest absolute Gasteiger partial charge is 0.380 e. The smallest absolute Gasteiger partial charge is 0.0659 e. The minimum absolute atomic E-state index is 0.0274. The minimum atomic E-state index is 0.0274. The number of likely N-dealkylation sites (tertiary alicyclic amines) is 1. The van der Waals surface area contributed by atoms with Gasteiger partial charge in [0, 0.05) is 19.7 Å². The Morgan fingerprint density at radius 2 is 2.19 bits per heavy atom. The van der Waals surface area contributed by atoms with Crippen molar-refractivity contribution in [1.82, 2.24) is 4.90 Å². The first-order chi connectivity index (χ1) is 7.53. The van der Waals surface area contributed by atoms with Crippen molar-refractivity contribution in [2.24, 2.45) is 17.6 Å². The van der Waals surface area contributed by atoms with Gasteiger partial charge in [-0.2, -0.15) is 0 Å². The van der Waals surface area contributed by atoms with E-state index in [0.29, 0.717) is 6.54 Å². The Morgan fingerprint density at radius 3 is 2.62 bits per heavy atom. The van der Waals surface area contributed by atoms with Crippen molar-refractivity contribution < 1.29 is 4.74 Å². The van der Waals surface area contributed by atoms with Crippen molar-refractivity contribution in [3.63, 3.8) is 0 Å². The molecule has 1 heterocycles. The van der Waals surface area contributed by atoms with Crippen molar-refractivity contribution in [3.8, 4) is 0 Å². The Hall–Kier alpha value is -0.120. The van der Waals surface area contributed by atoms with Gasteiger partial charge < -0.3 is 10.5 Å². The number of hydrogen-bond donors (Lipinski definition) is 1. The maximum Gasteiger partial charge on any atom is 0.0659 e. The number of ether oxygens (including phenoxy) is 1. The normalized spacial score (nSPS) is 26.2. The van der Waals surface area contributed by atoms with Gasteiger partial charge in [0.1, 0.15) is 0 Å². The summed E-state index contributed by atoms with van der Waals surface area (Å²) in [6.45, 7) is 13.5. The molecule has 0 bridgehead atoms.